The Morgan fingerprint density at radius 2 is 1.06 bits per heavy atom. The summed E-state index contributed by atoms with van der Waals surface area (Å²) in [6.45, 7) is 6.56. The fourth-order valence-electron chi connectivity index (χ4n) is 3.34. The summed E-state index contributed by atoms with van der Waals surface area (Å²) >= 11 is 0. The highest BCUT2D eigenvalue weighted by atomic mass is 16.4. The molecule has 5 rings (SSSR count). The van der Waals surface area contributed by atoms with E-state index in [-0.39, 0.29) is 5.41 Å². The van der Waals surface area contributed by atoms with Gasteiger partial charge in [0, 0.05) is 22.3 Å². The van der Waals surface area contributed by atoms with Crippen molar-refractivity contribution in [3.05, 3.63) is 84.4 Å². The molecule has 0 saturated carbocycles. The summed E-state index contributed by atoms with van der Waals surface area (Å²) in [4.78, 5) is 0. The third-order valence-corrected chi connectivity index (χ3v) is 5.17. The molecule has 0 unspecified atom stereocenters. The zero-order chi connectivity index (χ0) is 22.1. The molecule has 0 spiro atoms. The molecule has 2 aromatic heterocycles. The molecule has 0 saturated heterocycles. The van der Waals surface area contributed by atoms with Crippen LogP contribution in [0.2, 0.25) is 0 Å². The summed E-state index contributed by atoms with van der Waals surface area (Å²) in [6.07, 6.45) is 0. The van der Waals surface area contributed by atoms with E-state index in [4.69, 9.17) is 8.83 Å². The van der Waals surface area contributed by atoms with E-state index in [2.05, 4.69) is 59.4 Å². The van der Waals surface area contributed by atoms with E-state index in [0.29, 0.717) is 23.6 Å². The van der Waals surface area contributed by atoms with Crippen molar-refractivity contribution in [1.82, 2.24) is 20.4 Å². The van der Waals surface area contributed by atoms with Crippen molar-refractivity contribution in [3.8, 4) is 45.8 Å². The number of aromatic nitrogens is 4. The molecule has 0 N–H and O–H groups in total. The van der Waals surface area contributed by atoms with E-state index in [0.717, 1.165) is 22.3 Å². The highest BCUT2D eigenvalue weighted by molar-refractivity contribution is 5.66. The smallest absolute Gasteiger partial charge is 0.248 e. The molecule has 0 aliphatic rings. The second-order valence-electron chi connectivity index (χ2n) is 8.52. The molecule has 0 aliphatic heterocycles. The van der Waals surface area contributed by atoms with Crippen LogP contribution >= 0.6 is 0 Å². The Kier molecular flexibility index (Phi) is 4.90. The molecule has 1 radical (unpaired) electrons. The van der Waals surface area contributed by atoms with Gasteiger partial charge in [0.15, 0.2) is 0 Å². The Labute approximate surface area is 186 Å². The van der Waals surface area contributed by atoms with E-state index in [9.17, 15) is 0 Å². The van der Waals surface area contributed by atoms with Crippen molar-refractivity contribution in [1.29, 1.82) is 0 Å². The van der Waals surface area contributed by atoms with Crippen LogP contribution in [-0.2, 0) is 5.41 Å². The normalized spacial score (nSPS) is 11.6. The van der Waals surface area contributed by atoms with E-state index in [1.807, 2.05) is 60.7 Å². The van der Waals surface area contributed by atoms with Crippen LogP contribution in [0.25, 0.3) is 45.8 Å². The molecule has 0 fully saturated rings. The van der Waals surface area contributed by atoms with Crippen molar-refractivity contribution in [2.24, 2.45) is 0 Å². The van der Waals surface area contributed by atoms with Crippen molar-refractivity contribution < 1.29 is 8.83 Å². The van der Waals surface area contributed by atoms with Gasteiger partial charge in [0.1, 0.15) is 0 Å². The molecular formula is C26H21N4O2. The van der Waals surface area contributed by atoms with E-state index in [1.54, 1.807) is 0 Å². The van der Waals surface area contributed by atoms with Gasteiger partial charge in [-0.1, -0.05) is 51.1 Å². The average molecular weight is 421 g/mol. The Bertz CT molecular complexity index is 1350. The first-order chi connectivity index (χ1) is 15.5. The van der Waals surface area contributed by atoms with Gasteiger partial charge in [-0.3, -0.25) is 0 Å². The van der Waals surface area contributed by atoms with Crippen molar-refractivity contribution in [3.63, 3.8) is 0 Å². The SMILES string of the molecule is CC(C)(C)c1ccc(-c2nnc(-c3cccc(-c4nnc(-c5cc[c]cc5)o4)c3)o2)cc1. The zero-order valence-electron chi connectivity index (χ0n) is 18.0. The number of benzene rings is 3. The summed E-state index contributed by atoms with van der Waals surface area (Å²) in [6, 6.07) is 26.2. The van der Waals surface area contributed by atoms with Gasteiger partial charge < -0.3 is 8.83 Å². The summed E-state index contributed by atoms with van der Waals surface area (Å²) < 4.78 is 11.8. The van der Waals surface area contributed by atoms with Gasteiger partial charge >= 0.3 is 0 Å². The standard InChI is InChI=1S/C26H21N4O2/c1-26(2,3)21-14-12-18(13-15-21)23-28-30-25(32-23)20-11-7-10-19(16-20)24-29-27-22(31-24)17-8-5-4-6-9-17/h5-16H,1-3H3. The van der Waals surface area contributed by atoms with Gasteiger partial charge in [0.05, 0.1) is 0 Å². The fourth-order valence-corrected chi connectivity index (χ4v) is 3.34. The number of rotatable bonds is 4. The first-order valence-electron chi connectivity index (χ1n) is 10.3. The average Bonchev–Trinajstić information content (AvgIpc) is 3.50. The topological polar surface area (TPSA) is 77.8 Å². The zero-order valence-corrected chi connectivity index (χ0v) is 18.0. The van der Waals surface area contributed by atoms with Gasteiger partial charge in [0.2, 0.25) is 23.6 Å². The molecule has 6 nitrogen and oxygen atoms in total. The maximum Gasteiger partial charge on any atom is 0.248 e. The van der Waals surface area contributed by atoms with Crippen molar-refractivity contribution in [2.75, 3.05) is 0 Å². The Hall–Kier alpha value is -4.06. The predicted octanol–water partition coefficient (Wildman–Crippen LogP) is 6.22. The van der Waals surface area contributed by atoms with Crippen molar-refractivity contribution >= 4 is 0 Å². The van der Waals surface area contributed by atoms with Crippen LogP contribution in [-0.4, -0.2) is 20.4 Å². The lowest BCUT2D eigenvalue weighted by molar-refractivity contribution is 0.581. The molecule has 0 bridgehead atoms. The molecule has 32 heavy (non-hydrogen) atoms. The Morgan fingerprint density at radius 1 is 0.594 bits per heavy atom. The number of nitrogens with zero attached hydrogens (tertiary/aromatic N) is 4. The monoisotopic (exact) mass is 421 g/mol. The van der Waals surface area contributed by atoms with E-state index < -0.39 is 0 Å². The first-order valence-corrected chi connectivity index (χ1v) is 10.3. The molecule has 2 heterocycles. The number of hydrogen-bond acceptors (Lipinski definition) is 6. The van der Waals surface area contributed by atoms with Gasteiger partial charge in [-0.2, -0.15) is 0 Å². The molecular weight excluding hydrogens is 400 g/mol. The highest BCUT2D eigenvalue weighted by Crippen LogP contribution is 2.30. The van der Waals surface area contributed by atoms with Gasteiger partial charge in [-0.15, -0.1) is 20.4 Å². The predicted molar refractivity (Wildman–Crippen MR) is 121 cm³/mol. The second-order valence-corrected chi connectivity index (χ2v) is 8.52. The van der Waals surface area contributed by atoms with Crippen LogP contribution in [0.3, 0.4) is 0 Å². The number of hydrogen-bond donors (Lipinski definition) is 0. The molecule has 0 aliphatic carbocycles. The van der Waals surface area contributed by atoms with Crippen LogP contribution in [0.15, 0.2) is 81.6 Å². The maximum absolute atomic E-state index is 5.95. The van der Waals surface area contributed by atoms with Crippen molar-refractivity contribution in [2.45, 2.75) is 26.2 Å². The van der Waals surface area contributed by atoms with Crippen LogP contribution in [0.5, 0.6) is 0 Å². The molecule has 5 aromatic rings. The molecule has 3 aromatic carbocycles. The molecule has 157 valence electrons. The Balaban J connectivity index is 1.41. The quantitative estimate of drug-likeness (QED) is 0.343. The molecule has 6 heteroatoms. The maximum atomic E-state index is 5.95. The fraction of sp³-hybridized carbons (Fsp3) is 0.154. The first kappa shape index (κ1) is 19.9. The highest BCUT2D eigenvalue weighted by Gasteiger charge is 2.16. The van der Waals surface area contributed by atoms with Gasteiger partial charge in [0.25, 0.3) is 0 Å². The third kappa shape index (κ3) is 3.95. The lowest BCUT2D eigenvalue weighted by Gasteiger charge is -2.18. The molecule has 0 amide bonds. The summed E-state index contributed by atoms with van der Waals surface area (Å²) in [7, 11) is 0. The minimum atomic E-state index is 0.0898. The largest absolute Gasteiger partial charge is 0.416 e. The molecule has 0 atom stereocenters. The minimum Gasteiger partial charge on any atom is -0.416 e. The van der Waals surface area contributed by atoms with Gasteiger partial charge in [-0.05, 0) is 59.5 Å². The second kappa shape index (κ2) is 7.89. The van der Waals surface area contributed by atoms with Crippen LogP contribution < -0.4 is 0 Å². The van der Waals surface area contributed by atoms with Crippen LogP contribution in [0, 0.1) is 6.07 Å². The summed E-state index contributed by atoms with van der Waals surface area (Å²) in [5.74, 6) is 1.79. The van der Waals surface area contributed by atoms with Crippen LogP contribution in [0.4, 0.5) is 0 Å². The third-order valence-electron chi connectivity index (χ3n) is 5.17. The Morgan fingerprint density at radius 3 is 1.56 bits per heavy atom. The summed E-state index contributed by atoms with van der Waals surface area (Å²) in [5, 5.41) is 16.8. The summed E-state index contributed by atoms with van der Waals surface area (Å²) in [5.41, 5.74) is 4.63. The van der Waals surface area contributed by atoms with E-state index in [1.165, 1.54) is 5.56 Å². The lowest BCUT2D eigenvalue weighted by Crippen LogP contribution is -2.10. The van der Waals surface area contributed by atoms with E-state index >= 15 is 0 Å². The van der Waals surface area contributed by atoms with Crippen LogP contribution in [0.1, 0.15) is 26.3 Å². The lowest BCUT2D eigenvalue weighted by atomic mass is 9.87. The minimum absolute atomic E-state index is 0.0898. The van der Waals surface area contributed by atoms with Gasteiger partial charge in [-0.25, -0.2) is 0 Å².